The van der Waals surface area contributed by atoms with E-state index < -0.39 is 0 Å². The summed E-state index contributed by atoms with van der Waals surface area (Å²) in [5.74, 6) is 1.38. The molecule has 0 bridgehead atoms. The van der Waals surface area contributed by atoms with E-state index in [1.165, 1.54) is 19.3 Å². The van der Waals surface area contributed by atoms with Gasteiger partial charge in [-0.2, -0.15) is 0 Å². The molecule has 0 saturated heterocycles. The smallest absolute Gasteiger partial charge is 0.0618 e. The largest absolute Gasteiger partial charge is 0.378 e. The van der Waals surface area contributed by atoms with E-state index in [0.29, 0.717) is 17.4 Å². The van der Waals surface area contributed by atoms with E-state index in [4.69, 9.17) is 10.5 Å². The minimum Gasteiger partial charge on any atom is -0.378 e. The summed E-state index contributed by atoms with van der Waals surface area (Å²) in [7, 11) is 0. The molecule has 0 aromatic rings. The van der Waals surface area contributed by atoms with Crippen molar-refractivity contribution in [1.29, 1.82) is 0 Å². The highest BCUT2D eigenvalue weighted by Crippen LogP contribution is 2.40. The van der Waals surface area contributed by atoms with E-state index in [2.05, 4.69) is 27.7 Å². The van der Waals surface area contributed by atoms with E-state index in [0.717, 1.165) is 25.5 Å². The molecule has 2 nitrogen and oxygen atoms in total. The predicted octanol–water partition coefficient (Wildman–Crippen LogP) is 3.20. The molecular weight excluding hydrogens is 198 g/mol. The van der Waals surface area contributed by atoms with Gasteiger partial charge in [-0.15, -0.1) is 0 Å². The van der Waals surface area contributed by atoms with Gasteiger partial charge in [0.05, 0.1) is 6.10 Å². The van der Waals surface area contributed by atoms with Crippen LogP contribution < -0.4 is 5.73 Å². The lowest BCUT2D eigenvalue weighted by Crippen LogP contribution is -2.40. The van der Waals surface area contributed by atoms with Crippen molar-refractivity contribution in [2.45, 2.75) is 59.5 Å². The zero-order valence-electron chi connectivity index (χ0n) is 11.5. The fourth-order valence-corrected chi connectivity index (χ4v) is 2.72. The van der Waals surface area contributed by atoms with Crippen molar-refractivity contribution < 1.29 is 4.74 Å². The van der Waals surface area contributed by atoms with Crippen molar-refractivity contribution in [3.05, 3.63) is 0 Å². The fraction of sp³-hybridized carbons (Fsp3) is 1.00. The van der Waals surface area contributed by atoms with Crippen LogP contribution >= 0.6 is 0 Å². The molecule has 0 aliphatic heterocycles. The lowest BCUT2D eigenvalue weighted by atomic mass is 9.68. The van der Waals surface area contributed by atoms with Gasteiger partial charge in [-0.1, -0.05) is 27.7 Å². The molecule has 0 heterocycles. The van der Waals surface area contributed by atoms with Gasteiger partial charge in [-0.05, 0) is 49.5 Å². The second kappa shape index (κ2) is 6.02. The first-order chi connectivity index (χ1) is 7.49. The SMILES string of the molecule is CCCOC1CC(C(C)(C)C)CCC1CN. The quantitative estimate of drug-likeness (QED) is 0.800. The van der Waals surface area contributed by atoms with E-state index >= 15 is 0 Å². The molecule has 0 aromatic carbocycles. The highest BCUT2D eigenvalue weighted by atomic mass is 16.5. The Morgan fingerprint density at radius 2 is 1.94 bits per heavy atom. The minimum atomic E-state index is 0.405. The Bertz CT molecular complexity index is 197. The van der Waals surface area contributed by atoms with Crippen LogP contribution in [0.4, 0.5) is 0 Å². The average molecular weight is 227 g/mol. The molecule has 0 radical (unpaired) electrons. The zero-order valence-corrected chi connectivity index (χ0v) is 11.5. The number of nitrogens with two attached hydrogens (primary N) is 1. The number of hydrogen-bond acceptors (Lipinski definition) is 2. The molecule has 0 spiro atoms. The molecular formula is C14H29NO. The normalized spacial score (nSPS) is 31.7. The van der Waals surface area contributed by atoms with Gasteiger partial charge in [-0.25, -0.2) is 0 Å². The molecule has 1 aliphatic rings. The van der Waals surface area contributed by atoms with Crippen LogP contribution in [0.5, 0.6) is 0 Å². The highest BCUT2D eigenvalue weighted by molar-refractivity contribution is 4.86. The van der Waals surface area contributed by atoms with E-state index in [1.54, 1.807) is 0 Å². The molecule has 2 N–H and O–H groups in total. The molecule has 16 heavy (non-hydrogen) atoms. The Hall–Kier alpha value is -0.0800. The van der Waals surface area contributed by atoms with E-state index in [9.17, 15) is 0 Å². The summed E-state index contributed by atoms with van der Waals surface area (Å²) in [6, 6.07) is 0. The first kappa shape index (κ1) is 14.0. The minimum absolute atomic E-state index is 0.405. The summed E-state index contributed by atoms with van der Waals surface area (Å²) >= 11 is 0. The Labute approximate surface area is 101 Å². The van der Waals surface area contributed by atoms with Crippen LogP contribution in [-0.2, 0) is 4.74 Å². The van der Waals surface area contributed by atoms with Gasteiger partial charge < -0.3 is 10.5 Å². The maximum atomic E-state index is 5.98. The average Bonchev–Trinajstić information content (AvgIpc) is 2.24. The van der Waals surface area contributed by atoms with Gasteiger partial charge in [0, 0.05) is 6.61 Å². The Morgan fingerprint density at radius 3 is 2.44 bits per heavy atom. The lowest BCUT2D eigenvalue weighted by molar-refractivity contribution is -0.0402. The van der Waals surface area contributed by atoms with Crippen LogP contribution in [0.2, 0.25) is 0 Å². The molecule has 1 saturated carbocycles. The van der Waals surface area contributed by atoms with Crippen molar-refractivity contribution in [1.82, 2.24) is 0 Å². The number of ether oxygens (including phenoxy) is 1. The number of hydrogen-bond donors (Lipinski definition) is 1. The maximum absolute atomic E-state index is 5.98. The van der Waals surface area contributed by atoms with Crippen molar-refractivity contribution in [2.24, 2.45) is 23.0 Å². The highest BCUT2D eigenvalue weighted by Gasteiger charge is 2.35. The summed E-state index contributed by atoms with van der Waals surface area (Å²) < 4.78 is 5.98. The standard InChI is InChI=1S/C14H29NO/c1-5-8-16-13-9-12(14(2,3)4)7-6-11(13)10-15/h11-13H,5-10,15H2,1-4H3. The maximum Gasteiger partial charge on any atom is 0.0618 e. The van der Waals surface area contributed by atoms with Gasteiger partial charge >= 0.3 is 0 Å². The topological polar surface area (TPSA) is 35.2 Å². The van der Waals surface area contributed by atoms with Crippen LogP contribution in [0, 0.1) is 17.3 Å². The van der Waals surface area contributed by atoms with Gasteiger partial charge in [0.2, 0.25) is 0 Å². The predicted molar refractivity (Wildman–Crippen MR) is 69.4 cm³/mol. The number of rotatable bonds is 4. The molecule has 0 amide bonds. The van der Waals surface area contributed by atoms with Crippen molar-refractivity contribution in [3.63, 3.8) is 0 Å². The molecule has 1 rings (SSSR count). The molecule has 1 fully saturated rings. The summed E-state index contributed by atoms with van der Waals surface area (Å²) in [5, 5.41) is 0. The third-order valence-electron chi connectivity index (χ3n) is 3.99. The van der Waals surface area contributed by atoms with Crippen molar-refractivity contribution in [3.8, 4) is 0 Å². The Balaban J connectivity index is 2.54. The second-order valence-electron chi connectivity index (χ2n) is 6.28. The first-order valence-electron chi connectivity index (χ1n) is 6.80. The Kier molecular flexibility index (Phi) is 5.26. The fourth-order valence-electron chi connectivity index (χ4n) is 2.72. The van der Waals surface area contributed by atoms with Crippen molar-refractivity contribution >= 4 is 0 Å². The Morgan fingerprint density at radius 1 is 1.25 bits per heavy atom. The molecule has 2 heteroatoms. The van der Waals surface area contributed by atoms with Crippen molar-refractivity contribution in [2.75, 3.05) is 13.2 Å². The lowest BCUT2D eigenvalue weighted by Gasteiger charge is -2.41. The van der Waals surface area contributed by atoms with E-state index in [-0.39, 0.29) is 0 Å². The summed E-state index contributed by atoms with van der Waals surface area (Å²) in [4.78, 5) is 0. The summed E-state index contributed by atoms with van der Waals surface area (Å²) in [6.07, 6.45) is 5.27. The summed E-state index contributed by atoms with van der Waals surface area (Å²) in [5.41, 5.74) is 6.25. The first-order valence-corrected chi connectivity index (χ1v) is 6.80. The zero-order chi connectivity index (χ0) is 12.2. The van der Waals surface area contributed by atoms with Crippen LogP contribution in [0.1, 0.15) is 53.4 Å². The molecule has 1 aliphatic carbocycles. The molecule has 3 unspecified atom stereocenters. The molecule has 96 valence electrons. The molecule has 3 atom stereocenters. The molecule has 0 aromatic heterocycles. The van der Waals surface area contributed by atoms with Gasteiger partial charge in [0.25, 0.3) is 0 Å². The van der Waals surface area contributed by atoms with Crippen LogP contribution in [0.25, 0.3) is 0 Å². The van der Waals surface area contributed by atoms with Crippen LogP contribution in [0.3, 0.4) is 0 Å². The van der Waals surface area contributed by atoms with Gasteiger partial charge in [0.15, 0.2) is 0 Å². The third-order valence-corrected chi connectivity index (χ3v) is 3.99. The van der Waals surface area contributed by atoms with Crippen LogP contribution in [0.15, 0.2) is 0 Å². The second-order valence-corrected chi connectivity index (χ2v) is 6.28. The summed E-state index contributed by atoms with van der Waals surface area (Å²) in [6.45, 7) is 10.9. The van der Waals surface area contributed by atoms with Crippen LogP contribution in [-0.4, -0.2) is 19.3 Å². The monoisotopic (exact) mass is 227 g/mol. The third kappa shape index (κ3) is 3.74. The van der Waals surface area contributed by atoms with E-state index in [1.807, 2.05) is 0 Å². The van der Waals surface area contributed by atoms with Gasteiger partial charge in [-0.3, -0.25) is 0 Å². The van der Waals surface area contributed by atoms with Gasteiger partial charge in [0.1, 0.15) is 0 Å².